The Morgan fingerprint density at radius 3 is 2.96 bits per heavy atom. The molecule has 0 aliphatic carbocycles. The third-order valence-corrected chi connectivity index (χ3v) is 4.67. The van der Waals surface area contributed by atoms with Crippen LogP contribution in [0.5, 0.6) is 11.5 Å². The zero-order valence-electron chi connectivity index (χ0n) is 14.0. The number of aromatic hydroxyl groups is 1. The Balaban J connectivity index is 1.83. The van der Waals surface area contributed by atoms with E-state index in [1.807, 2.05) is 19.1 Å². The van der Waals surface area contributed by atoms with Crippen LogP contribution in [0.15, 0.2) is 22.7 Å². The highest BCUT2D eigenvalue weighted by molar-refractivity contribution is 5.40. The Morgan fingerprint density at radius 1 is 1.43 bits per heavy atom. The smallest absolute Gasteiger partial charge is 0.141 e. The topological polar surface area (TPSA) is 58.7 Å². The maximum Gasteiger partial charge on any atom is 0.141 e. The number of aryl methyl sites for hydroxylation is 2. The summed E-state index contributed by atoms with van der Waals surface area (Å²) >= 11 is 0. The van der Waals surface area contributed by atoms with Crippen LogP contribution in [0.1, 0.15) is 48.4 Å². The fourth-order valence-corrected chi connectivity index (χ4v) is 3.47. The highest BCUT2D eigenvalue weighted by Gasteiger charge is 2.31. The second-order valence-corrected chi connectivity index (χ2v) is 6.08. The summed E-state index contributed by atoms with van der Waals surface area (Å²) in [7, 11) is 1.60. The summed E-state index contributed by atoms with van der Waals surface area (Å²) in [5.74, 6) is 1.94. The molecule has 1 aromatic carbocycles. The molecule has 124 valence electrons. The number of nitrogens with zero attached hydrogens (tertiary/aromatic N) is 2. The number of rotatable bonds is 5. The zero-order valence-corrected chi connectivity index (χ0v) is 14.0. The minimum atomic E-state index is 0.285. The van der Waals surface area contributed by atoms with E-state index in [2.05, 4.69) is 17.0 Å². The van der Waals surface area contributed by atoms with E-state index < -0.39 is 0 Å². The van der Waals surface area contributed by atoms with Gasteiger partial charge in [-0.2, -0.15) is 0 Å². The number of methoxy groups -OCH3 is 1. The molecule has 1 fully saturated rings. The van der Waals surface area contributed by atoms with Crippen LogP contribution in [0.25, 0.3) is 0 Å². The van der Waals surface area contributed by atoms with Gasteiger partial charge in [0.25, 0.3) is 0 Å². The van der Waals surface area contributed by atoms with Gasteiger partial charge in [-0.25, -0.2) is 0 Å². The molecule has 0 bridgehead atoms. The van der Waals surface area contributed by atoms with Gasteiger partial charge >= 0.3 is 0 Å². The maximum absolute atomic E-state index is 10.2. The van der Waals surface area contributed by atoms with Crippen LogP contribution in [0.2, 0.25) is 0 Å². The number of ether oxygens (including phenoxy) is 1. The van der Waals surface area contributed by atoms with E-state index in [4.69, 9.17) is 9.26 Å². The van der Waals surface area contributed by atoms with Crippen LogP contribution >= 0.6 is 0 Å². The number of hydrogen-bond acceptors (Lipinski definition) is 5. The van der Waals surface area contributed by atoms with Crippen molar-refractivity contribution in [2.75, 3.05) is 13.7 Å². The zero-order chi connectivity index (χ0) is 16.4. The molecule has 1 aliphatic heterocycles. The monoisotopic (exact) mass is 316 g/mol. The van der Waals surface area contributed by atoms with Crippen molar-refractivity contribution < 1.29 is 14.4 Å². The number of phenols is 1. The third kappa shape index (κ3) is 3.06. The van der Waals surface area contributed by atoms with Crippen molar-refractivity contribution in [1.29, 1.82) is 0 Å². The van der Waals surface area contributed by atoms with Crippen LogP contribution in [-0.2, 0) is 13.0 Å². The molecule has 0 radical (unpaired) electrons. The first-order chi connectivity index (χ1) is 11.1. The molecule has 5 heteroatoms. The molecule has 0 unspecified atom stereocenters. The van der Waals surface area contributed by atoms with Gasteiger partial charge in [-0.3, -0.25) is 4.90 Å². The van der Waals surface area contributed by atoms with Gasteiger partial charge in [-0.15, -0.1) is 0 Å². The first-order valence-electron chi connectivity index (χ1n) is 8.19. The molecule has 0 spiro atoms. The largest absolute Gasteiger partial charge is 0.507 e. The Kier molecular flexibility index (Phi) is 4.57. The molecule has 1 N–H and O–H groups in total. The van der Waals surface area contributed by atoms with Gasteiger partial charge in [-0.05, 0) is 32.4 Å². The lowest BCUT2D eigenvalue weighted by Gasteiger charge is -2.25. The minimum Gasteiger partial charge on any atom is -0.507 e. The molecule has 0 saturated carbocycles. The summed E-state index contributed by atoms with van der Waals surface area (Å²) in [6.45, 7) is 5.84. The average Bonchev–Trinajstić information content (AvgIpc) is 3.14. The lowest BCUT2D eigenvalue weighted by atomic mass is 10.0. The van der Waals surface area contributed by atoms with Crippen LogP contribution in [-0.4, -0.2) is 28.8 Å². The van der Waals surface area contributed by atoms with Crippen molar-refractivity contribution in [2.24, 2.45) is 0 Å². The molecule has 0 amide bonds. The molecule has 5 nitrogen and oxygen atoms in total. The molecule has 1 atom stereocenters. The van der Waals surface area contributed by atoms with Crippen molar-refractivity contribution >= 4 is 0 Å². The minimum absolute atomic E-state index is 0.285. The molecule has 2 heterocycles. The predicted molar refractivity (Wildman–Crippen MR) is 87.7 cm³/mol. The van der Waals surface area contributed by atoms with Gasteiger partial charge < -0.3 is 14.4 Å². The van der Waals surface area contributed by atoms with E-state index in [0.29, 0.717) is 18.3 Å². The SMILES string of the molecule is CCc1onc(C)c1[C@@H]1CCCN1Cc1ccc(OC)cc1O. The fraction of sp³-hybridized carbons (Fsp3) is 0.500. The van der Waals surface area contributed by atoms with Crippen LogP contribution < -0.4 is 4.74 Å². The van der Waals surface area contributed by atoms with Crippen molar-refractivity contribution in [3.63, 3.8) is 0 Å². The van der Waals surface area contributed by atoms with Gasteiger partial charge in [-0.1, -0.05) is 18.1 Å². The molecular weight excluding hydrogens is 292 g/mol. The fourth-order valence-electron chi connectivity index (χ4n) is 3.47. The number of likely N-dealkylation sites (tertiary alicyclic amines) is 1. The molecule has 3 rings (SSSR count). The molecule has 1 aromatic heterocycles. The van der Waals surface area contributed by atoms with Crippen LogP contribution in [0.4, 0.5) is 0 Å². The molecule has 1 aliphatic rings. The van der Waals surface area contributed by atoms with E-state index in [1.54, 1.807) is 13.2 Å². The van der Waals surface area contributed by atoms with Crippen molar-refractivity contribution in [3.8, 4) is 11.5 Å². The van der Waals surface area contributed by atoms with Gasteiger partial charge in [0, 0.05) is 36.2 Å². The second-order valence-electron chi connectivity index (χ2n) is 6.08. The lowest BCUT2D eigenvalue weighted by molar-refractivity contribution is 0.241. The van der Waals surface area contributed by atoms with Gasteiger partial charge in [0.1, 0.15) is 17.3 Å². The molecule has 1 saturated heterocycles. The van der Waals surface area contributed by atoms with Crippen LogP contribution in [0, 0.1) is 6.92 Å². The van der Waals surface area contributed by atoms with E-state index in [9.17, 15) is 5.11 Å². The summed E-state index contributed by atoms with van der Waals surface area (Å²) in [5, 5.41) is 14.4. The van der Waals surface area contributed by atoms with Crippen LogP contribution in [0.3, 0.4) is 0 Å². The Hall–Kier alpha value is -2.01. The normalized spacial score (nSPS) is 18.5. The highest BCUT2D eigenvalue weighted by atomic mass is 16.5. The standard InChI is InChI=1S/C18H24N2O3/c1-4-17-18(12(2)19-23-17)15-6-5-9-20(15)11-13-7-8-14(22-3)10-16(13)21/h7-8,10,15,21H,4-6,9,11H2,1-3H3/t15-/m0/s1. The van der Waals surface area contributed by atoms with E-state index >= 15 is 0 Å². The summed E-state index contributed by atoms with van der Waals surface area (Å²) in [6.07, 6.45) is 3.11. The lowest BCUT2D eigenvalue weighted by Crippen LogP contribution is -2.23. The van der Waals surface area contributed by atoms with Gasteiger partial charge in [0.2, 0.25) is 0 Å². The van der Waals surface area contributed by atoms with Crippen molar-refractivity contribution in [3.05, 3.63) is 40.8 Å². The van der Waals surface area contributed by atoms with E-state index in [1.165, 1.54) is 5.56 Å². The first-order valence-corrected chi connectivity index (χ1v) is 8.19. The maximum atomic E-state index is 10.2. The van der Waals surface area contributed by atoms with E-state index in [-0.39, 0.29) is 5.75 Å². The second kappa shape index (κ2) is 6.62. The van der Waals surface area contributed by atoms with E-state index in [0.717, 1.165) is 42.8 Å². The quantitative estimate of drug-likeness (QED) is 0.913. The number of hydrogen-bond donors (Lipinski definition) is 1. The number of benzene rings is 1. The summed E-state index contributed by atoms with van der Waals surface area (Å²) in [5.41, 5.74) is 3.14. The molecular formula is C18H24N2O3. The molecule has 23 heavy (non-hydrogen) atoms. The summed E-state index contributed by atoms with van der Waals surface area (Å²) in [6, 6.07) is 5.81. The van der Waals surface area contributed by atoms with Crippen molar-refractivity contribution in [1.82, 2.24) is 10.1 Å². The van der Waals surface area contributed by atoms with Crippen molar-refractivity contribution in [2.45, 2.75) is 45.7 Å². The van der Waals surface area contributed by atoms with Gasteiger partial charge in [0.15, 0.2) is 0 Å². The third-order valence-electron chi connectivity index (χ3n) is 4.67. The van der Waals surface area contributed by atoms with Gasteiger partial charge in [0.05, 0.1) is 12.8 Å². The summed E-state index contributed by atoms with van der Waals surface area (Å²) in [4.78, 5) is 2.40. The highest BCUT2D eigenvalue weighted by Crippen LogP contribution is 2.38. The Bertz CT molecular complexity index is 681. The number of phenolic OH excluding ortho intramolecular Hbond substituents is 1. The Labute approximate surface area is 136 Å². The average molecular weight is 316 g/mol. The predicted octanol–water partition coefficient (Wildman–Crippen LogP) is 3.60. The number of aromatic nitrogens is 1. The molecule has 2 aromatic rings. The summed E-state index contributed by atoms with van der Waals surface area (Å²) < 4.78 is 10.6. The first kappa shape index (κ1) is 15.9. The Morgan fingerprint density at radius 2 is 2.26 bits per heavy atom.